The molecule has 0 radical (unpaired) electrons. The van der Waals surface area contributed by atoms with Crippen LogP contribution < -0.4 is 9.47 Å². The van der Waals surface area contributed by atoms with Gasteiger partial charge in [0.25, 0.3) is 0 Å². The molecule has 0 aliphatic heterocycles. The van der Waals surface area contributed by atoms with Crippen LogP contribution in [0.4, 0.5) is 4.39 Å². The fraction of sp³-hybridized carbons (Fsp3) is 0.222. The zero-order valence-electron chi connectivity index (χ0n) is 20.1. The van der Waals surface area contributed by atoms with Gasteiger partial charge >= 0.3 is 5.97 Å². The van der Waals surface area contributed by atoms with Crippen LogP contribution in [-0.2, 0) is 11.3 Å². The number of nitrogens with zero attached hydrogens (tertiary/aromatic N) is 3. The molecule has 0 fully saturated rings. The predicted octanol–water partition coefficient (Wildman–Crippen LogP) is 6.08. The highest BCUT2D eigenvalue weighted by atomic mass is 32.1. The third kappa shape index (κ3) is 4.26. The summed E-state index contributed by atoms with van der Waals surface area (Å²) < 4.78 is 41.6. The summed E-state index contributed by atoms with van der Waals surface area (Å²) in [5.41, 5.74) is 4.80. The van der Waals surface area contributed by atoms with E-state index in [0.29, 0.717) is 35.7 Å². The van der Waals surface area contributed by atoms with Crippen LogP contribution in [0, 0.1) is 5.82 Å². The topological polar surface area (TPSA) is 75.5 Å². The summed E-state index contributed by atoms with van der Waals surface area (Å²) in [6, 6.07) is 16.2. The molecule has 7 nitrogen and oxygen atoms in total. The van der Waals surface area contributed by atoms with E-state index in [0.717, 1.165) is 39.2 Å². The Morgan fingerprint density at radius 3 is 2.58 bits per heavy atom. The Labute approximate surface area is 211 Å². The van der Waals surface area contributed by atoms with Crippen molar-refractivity contribution in [1.82, 2.24) is 13.3 Å². The number of carbonyl (C=O) groups excluding carboxylic acids is 1. The predicted molar refractivity (Wildman–Crippen MR) is 138 cm³/mol. The zero-order chi connectivity index (χ0) is 25.2. The SMILES string of the molecule is CCOC(=O)c1c(-c2ccc(OC)c(F)c2)c2cc(OCC)ccc2n1Cc1ccc2nsnc2c1. The van der Waals surface area contributed by atoms with Crippen LogP contribution in [0.3, 0.4) is 0 Å². The molecule has 5 rings (SSSR count). The van der Waals surface area contributed by atoms with Crippen LogP contribution >= 0.6 is 11.7 Å². The second-order valence-corrected chi connectivity index (χ2v) is 8.61. The van der Waals surface area contributed by atoms with E-state index in [-0.39, 0.29) is 12.4 Å². The Morgan fingerprint density at radius 2 is 1.83 bits per heavy atom. The highest BCUT2D eigenvalue weighted by molar-refractivity contribution is 7.00. The molecule has 0 amide bonds. The summed E-state index contributed by atoms with van der Waals surface area (Å²) in [4.78, 5) is 13.4. The van der Waals surface area contributed by atoms with E-state index in [1.165, 1.54) is 13.2 Å². The maximum atomic E-state index is 14.8. The highest BCUT2D eigenvalue weighted by Gasteiger charge is 2.26. The molecule has 5 aromatic rings. The van der Waals surface area contributed by atoms with Gasteiger partial charge in [-0.05, 0) is 67.4 Å². The van der Waals surface area contributed by atoms with Crippen LogP contribution in [0.5, 0.6) is 11.5 Å². The van der Waals surface area contributed by atoms with Gasteiger partial charge < -0.3 is 18.8 Å². The van der Waals surface area contributed by atoms with Gasteiger partial charge in [0.2, 0.25) is 0 Å². The minimum absolute atomic E-state index is 0.125. The molecule has 0 N–H and O–H groups in total. The lowest BCUT2D eigenvalue weighted by molar-refractivity contribution is 0.0516. The smallest absolute Gasteiger partial charge is 0.355 e. The first-order valence-electron chi connectivity index (χ1n) is 11.5. The summed E-state index contributed by atoms with van der Waals surface area (Å²) in [5, 5.41) is 0.755. The normalized spacial score (nSPS) is 11.2. The molecule has 3 aromatic carbocycles. The largest absolute Gasteiger partial charge is 0.494 e. The number of rotatable bonds is 8. The molecule has 0 bridgehead atoms. The second-order valence-electron chi connectivity index (χ2n) is 8.08. The summed E-state index contributed by atoms with van der Waals surface area (Å²) in [6.45, 7) is 4.74. The van der Waals surface area contributed by atoms with Crippen LogP contribution in [0.25, 0.3) is 33.1 Å². The van der Waals surface area contributed by atoms with Gasteiger partial charge in [0, 0.05) is 23.0 Å². The Bertz CT molecular complexity index is 1580. The van der Waals surface area contributed by atoms with E-state index in [4.69, 9.17) is 14.2 Å². The summed E-state index contributed by atoms with van der Waals surface area (Å²) in [5.74, 6) is -0.231. The number of halogens is 1. The lowest BCUT2D eigenvalue weighted by Gasteiger charge is -2.12. The zero-order valence-corrected chi connectivity index (χ0v) is 20.9. The minimum atomic E-state index is -0.520. The van der Waals surface area contributed by atoms with Gasteiger partial charge in [0.15, 0.2) is 11.6 Å². The first-order chi connectivity index (χ1) is 17.5. The Balaban J connectivity index is 1.78. The van der Waals surface area contributed by atoms with Gasteiger partial charge in [-0.3, -0.25) is 0 Å². The standard InChI is InChI=1S/C27H24FN3O4S/c1-4-34-18-8-10-23-19(14-18)25(17-7-11-24(33-3)20(28)13-17)26(27(32)35-5-2)31(23)15-16-6-9-21-22(12-16)30-36-29-21/h6-14H,4-5,15H2,1-3H3. The van der Waals surface area contributed by atoms with Gasteiger partial charge in [-0.1, -0.05) is 12.1 Å². The van der Waals surface area contributed by atoms with E-state index in [1.807, 2.05) is 47.9 Å². The molecule has 0 spiro atoms. The molecule has 2 aromatic heterocycles. The number of methoxy groups -OCH3 is 1. The number of hydrogen-bond donors (Lipinski definition) is 0. The van der Waals surface area contributed by atoms with Crippen molar-refractivity contribution in [3.05, 3.63) is 71.7 Å². The van der Waals surface area contributed by atoms with E-state index >= 15 is 0 Å². The Hall–Kier alpha value is -3.98. The van der Waals surface area contributed by atoms with Gasteiger partial charge in [-0.15, -0.1) is 0 Å². The molecule has 0 saturated carbocycles. The summed E-state index contributed by atoms with van der Waals surface area (Å²) in [7, 11) is 1.41. The minimum Gasteiger partial charge on any atom is -0.494 e. The van der Waals surface area contributed by atoms with Crippen LogP contribution in [-0.4, -0.2) is 39.6 Å². The number of carbonyl (C=O) groups is 1. The van der Waals surface area contributed by atoms with Crippen molar-refractivity contribution in [2.24, 2.45) is 0 Å². The van der Waals surface area contributed by atoms with Crippen LogP contribution in [0.15, 0.2) is 54.6 Å². The maximum Gasteiger partial charge on any atom is 0.355 e. The number of ether oxygens (including phenoxy) is 3. The first kappa shape index (κ1) is 23.7. The maximum absolute atomic E-state index is 14.8. The van der Waals surface area contributed by atoms with Crippen molar-refractivity contribution in [2.75, 3.05) is 20.3 Å². The molecule has 0 aliphatic rings. The van der Waals surface area contributed by atoms with Gasteiger partial charge in [-0.2, -0.15) is 8.75 Å². The average Bonchev–Trinajstić information content (AvgIpc) is 3.46. The average molecular weight is 506 g/mol. The monoisotopic (exact) mass is 505 g/mol. The Morgan fingerprint density at radius 1 is 1.00 bits per heavy atom. The van der Waals surface area contributed by atoms with Gasteiger partial charge in [0.05, 0.1) is 32.1 Å². The quantitative estimate of drug-likeness (QED) is 0.238. The molecule has 0 unspecified atom stereocenters. The van der Waals surface area contributed by atoms with E-state index in [9.17, 15) is 9.18 Å². The lowest BCUT2D eigenvalue weighted by atomic mass is 10.0. The van der Waals surface area contributed by atoms with E-state index < -0.39 is 11.8 Å². The van der Waals surface area contributed by atoms with Gasteiger partial charge in [0.1, 0.15) is 22.5 Å². The number of aromatic nitrogens is 3. The van der Waals surface area contributed by atoms with Crippen molar-refractivity contribution in [3.8, 4) is 22.6 Å². The number of fused-ring (bicyclic) bond motifs is 2. The molecular weight excluding hydrogens is 481 g/mol. The first-order valence-corrected chi connectivity index (χ1v) is 12.3. The molecule has 0 atom stereocenters. The Kier molecular flexibility index (Phi) is 6.56. The van der Waals surface area contributed by atoms with E-state index in [2.05, 4.69) is 8.75 Å². The summed E-state index contributed by atoms with van der Waals surface area (Å²) >= 11 is 1.16. The van der Waals surface area contributed by atoms with Crippen molar-refractivity contribution in [2.45, 2.75) is 20.4 Å². The van der Waals surface area contributed by atoms with Crippen molar-refractivity contribution >= 4 is 39.6 Å². The fourth-order valence-corrected chi connectivity index (χ4v) is 4.91. The third-order valence-corrected chi connectivity index (χ3v) is 6.47. The molecule has 2 heterocycles. The van der Waals surface area contributed by atoms with Crippen molar-refractivity contribution < 1.29 is 23.4 Å². The van der Waals surface area contributed by atoms with Crippen molar-refractivity contribution in [3.63, 3.8) is 0 Å². The number of benzene rings is 3. The fourth-order valence-electron chi connectivity index (χ4n) is 4.39. The van der Waals surface area contributed by atoms with E-state index in [1.54, 1.807) is 19.1 Å². The summed E-state index contributed by atoms with van der Waals surface area (Å²) in [6.07, 6.45) is 0. The number of esters is 1. The molecule has 36 heavy (non-hydrogen) atoms. The molecular formula is C27H24FN3O4S. The highest BCUT2D eigenvalue weighted by Crippen LogP contribution is 2.39. The van der Waals surface area contributed by atoms with Crippen LogP contribution in [0.1, 0.15) is 29.9 Å². The second kappa shape index (κ2) is 9.94. The molecule has 9 heteroatoms. The molecule has 0 saturated heterocycles. The van der Waals surface area contributed by atoms with Crippen molar-refractivity contribution in [1.29, 1.82) is 0 Å². The van der Waals surface area contributed by atoms with Gasteiger partial charge in [-0.25, -0.2) is 9.18 Å². The van der Waals surface area contributed by atoms with Crippen LogP contribution in [0.2, 0.25) is 0 Å². The third-order valence-electron chi connectivity index (χ3n) is 5.91. The number of hydrogen-bond acceptors (Lipinski definition) is 7. The molecule has 0 aliphatic carbocycles. The lowest BCUT2D eigenvalue weighted by Crippen LogP contribution is -2.14. The molecule has 184 valence electrons.